The zero-order chi connectivity index (χ0) is 12.7. The first-order chi connectivity index (χ1) is 7.56. The van der Waals surface area contributed by atoms with Crippen molar-refractivity contribution in [2.24, 2.45) is 7.05 Å². The third kappa shape index (κ3) is 3.56. The molecule has 5 nitrogen and oxygen atoms in total. The smallest absolute Gasteiger partial charge is 0.269 e. The van der Waals surface area contributed by atoms with Gasteiger partial charge in [-0.2, -0.15) is 0 Å². The van der Waals surface area contributed by atoms with Crippen molar-refractivity contribution >= 4 is 5.91 Å². The summed E-state index contributed by atoms with van der Waals surface area (Å²) in [5.41, 5.74) is 1.45. The zero-order valence-electron chi connectivity index (χ0n) is 10.7. The lowest BCUT2D eigenvalue weighted by Crippen LogP contribution is -2.23. The molecule has 0 saturated heterocycles. The standard InChI is InChI=1S/C9H15N3O2.C2H6/c1-4-8-7(5-10-6(2)13)9(14)11-12(8)3;1-2/h4-5H2,1-3H3,(H,10,13)(H,11,14);1-2H3. The van der Waals surface area contributed by atoms with Crippen LogP contribution in [0.15, 0.2) is 4.79 Å². The third-order valence-corrected chi connectivity index (χ3v) is 2.15. The van der Waals surface area contributed by atoms with E-state index >= 15 is 0 Å². The number of hydrogen-bond donors (Lipinski definition) is 2. The molecule has 1 amide bonds. The lowest BCUT2D eigenvalue weighted by Gasteiger charge is -2.02. The average Bonchev–Trinajstić information content (AvgIpc) is 2.52. The third-order valence-electron chi connectivity index (χ3n) is 2.15. The maximum absolute atomic E-state index is 11.4. The number of nitrogens with one attached hydrogen (secondary N) is 2. The lowest BCUT2D eigenvalue weighted by atomic mass is 10.2. The number of aromatic nitrogens is 2. The van der Waals surface area contributed by atoms with Gasteiger partial charge in [0.1, 0.15) is 0 Å². The van der Waals surface area contributed by atoms with Crippen LogP contribution in [-0.4, -0.2) is 15.7 Å². The molecule has 0 unspecified atom stereocenters. The highest BCUT2D eigenvalue weighted by molar-refractivity contribution is 5.72. The van der Waals surface area contributed by atoms with E-state index in [4.69, 9.17) is 0 Å². The lowest BCUT2D eigenvalue weighted by molar-refractivity contribution is -0.119. The molecule has 0 aliphatic rings. The Hall–Kier alpha value is -1.52. The van der Waals surface area contributed by atoms with Crippen LogP contribution in [0.1, 0.15) is 39.0 Å². The highest BCUT2D eigenvalue weighted by Crippen LogP contribution is 2.02. The summed E-state index contributed by atoms with van der Waals surface area (Å²) in [5, 5.41) is 5.28. The van der Waals surface area contributed by atoms with E-state index < -0.39 is 0 Å². The van der Waals surface area contributed by atoms with Crippen molar-refractivity contribution in [2.75, 3.05) is 0 Å². The van der Waals surface area contributed by atoms with Crippen LogP contribution < -0.4 is 10.9 Å². The van der Waals surface area contributed by atoms with Gasteiger partial charge >= 0.3 is 0 Å². The highest BCUT2D eigenvalue weighted by Gasteiger charge is 2.10. The minimum absolute atomic E-state index is 0.127. The van der Waals surface area contributed by atoms with Gasteiger partial charge in [-0.3, -0.25) is 19.4 Å². The van der Waals surface area contributed by atoms with E-state index in [0.717, 1.165) is 12.1 Å². The first-order valence-electron chi connectivity index (χ1n) is 5.57. The van der Waals surface area contributed by atoms with Crippen LogP contribution in [0.2, 0.25) is 0 Å². The second kappa shape index (κ2) is 6.87. The molecule has 1 heterocycles. The van der Waals surface area contributed by atoms with E-state index in [2.05, 4.69) is 10.4 Å². The van der Waals surface area contributed by atoms with Crippen molar-refractivity contribution in [3.63, 3.8) is 0 Å². The number of amides is 1. The molecule has 0 atom stereocenters. The fraction of sp³-hybridized carbons (Fsp3) is 0.636. The minimum Gasteiger partial charge on any atom is -0.352 e. The van der Waals surface area contributed by atoms with Crippen molar-refractivity contribution in [1.29, 1.82) is 0 Å². The zero-order valence-corrected chi connectivity index (χ0v) is 10.7. The molecule has 5 heteroatoms. The summed E-state index contributed by atoms with van der Waals surface area (Å²) in [4.78, 5) is 22.1. The Balaban J connectivity index is 0.00000106. The summed E-state index contributed by atoms with van der Waals surface area (Å²) in [7, 11) is 1.79. The Morgan fingerprint density at radius 1 is 1.44 bits per heavy atom. The van der Waals surface area contributed by atoms with Crippen molar-refractivity contribution in [2.45, 2.75) is 40.7 Å². The quantitative estimate of drug-likeness (QED) is 0.807. The van der Waals surface area contributed by atoms with E-state index in [-0.39, 0.29) is 11.5 Å². The molecule has 1 rings (SSSR count). The largest absolute Gasteiger partial charge is 0.352 e. The Bertz CT molecular complexity index is 390. The van der Waals surface area contributed by atoms with Crippen molar-refractivity contribution in [1.82, 2.24) is 15.1 Å². The van der Waals surface area contributed by atoms with E-state index in [1.807, 2.05) is 20.8 Å². The van der Waals surface area contributed by atoms with Gasteiger partial charge in [-0.25, -0.2) is 0 Å². The maximum Gasteiger partial charge on any atom is 0.269 e. The molecular weight excluding hydrogens is 206 g/mol. The molecule has 1 aromatic heterocycles. The van der Waals surface area contributed by atoms with Crippen molar-refractivity contribution in [3.05, 3.63) is 21.6 Å². The molecule has 2 N–H and O–H groups in total. The summed E-state index contributed by atoms with van der Waals surface area (Å²) in [6.45, 7) is 7.71. The number of aryl methyl sites for hydroxylation is 1. The minimum atomic E-state index is -0.129. The van der Waals surface area contributed by atoms with Crippen molar-refractivity contribution < 1.29 is 4.79 Å². The van der Waals surface area contributed by atoms with Gasteiger partial charge in [0.15, 0.2) is 0 Å². The molecule has 0 aliphatic carbocycles. The fourth-order valence-electron chi connectivity index (χ4n) is 1.47. The van der Waals surface area contributed by atoms with Gasteiger partial charge in [0, 0.05) is 19.7 Å². The Morgan fingerprint density at radius 3 is 2.44 bits per heavy atom. The van der Waals surface area contributed by atoms with E-state index in [9.17, 15) is 9.59 Å². The van der Waals surface area contributed by atoms with Gasteiger partial charge in [0.25, 0.3) is 5.56 Å². The maximum atomic E-state index is 11.4. The molecule has 0 bridgehead atoms. The summed E-state index contributed by atoms with van der Waals surface area (Å²) in [5.74, 6) is -0.129. The topological polar surface area (TPSA) is 66.9 Å². The molecule has 0 radical (unpaired) electrons. The van der Waals surface area contributed by atoms with Crippen LogP contribution in [-0.2, 0) is 24.8 Å². The molecule has 0 saturated carbocycles. The van der Waals surface area contributed by atoms with Crippen LogP contribution in [0.5, 0.6) is 0 Å². The molecule has 0 spiro atoms. The molecule has 0 fully saturated rings. The monoisotopic (exact) mass is 227 g/mol. The number of H-pyrrole nitrogens is 1. The normalized spacial score (nSPS) is 9.31. The molecule has 16 heavy (non-hydrogen) atoms. The number of carbonyl (C=O) groups is 1. The molecular formula is C11H21N3O2. The predicted molar refractivity (Wildman–Crippen MR) is 64.3 cm³/mol. The second-order valence-corrected chi connectivity index (χ2v) is 3.19. The summed E-state index contributed by atoms with van der Waals surface area (Å²) in [6.07, 6.45) is 0.768. The van der Waals surface area contributed by atoms with Crippen molar-refractivity contribution in [3.8, 4) is 0 Å². The van der Waals surface area contributed by atoms with Crippen LogP contribution >= 0.6 is 0 Å². The van der Waals surface area contributed by atoms with Crippen LogP contribution in [0.4, 0.5) is 0 Å². The van der Waals surface area contributed by atoms with Gasteiger partial charge in [-0.1, -0.05) is 20.8 Å². The molecule has 1 aromatic rings. The van der Waals surface area contributed by atoms with Crippen LogP contribution in [0.3, 0.4) is 0 Å². The average molecular weight is 227 g/mol. The Kier molecular flexibility index (Phi) is 6.22. The van der Waals surface area contributed by atoms with Crippen LogP contribution in [0, 0.1) is 0 Å². The highest BCUT2D eigenvalue weighted by atomic mass is 16.1. The molecule has 0 aliphatic heterocycles. The van der Waals surface area contributed by atoms with Gasteiger partial charge in [-0.05, 0) is 6.42 Å². The van der Waals surface area contributed by atoms with E-state index in [1.54, 1.807) is 11.7 Å². The molecule has 92 valence electrons. The summed E-state index contributed by atoms with van der Waals surface area (Å²) in [6, 6.07) is 0. The number of carbonyl (C=O) groups excluding carboxylic acids is 1. The van der Waals surface area contributed by atoms with Gasteiger partial charge in [0.2, 0.25) is 5.91 Å². The SMILES string of the molecule is CC.CCc1c(CNC(C)=O)c(=O)[nH]n1C. The van der Waals surface area contributed by atoms with Gasteiger partial charge < -0.3 is 5.32 Å². The number of hydrogen-bond acceptors (Lipinski definition) is 2. The first-order valence-corrected chi connectivity index (χ1v) is 5.57. The number of rotatable bonds is 3. The van der Waals surface area contributed by atoms with E-state index in [1.165, 1.54) is 6.92 Å². The first kappa shape index (κ1) is 14.5. The number of nitrogens with zero attached hydrogens (tertiary/aromatic N) is 1. The second-order valence-electron chi connectivity index (χ2n) is 3.19. The van der Waals surface area contributed by atoms with Gasteiger partial charge in [0.05, 0.1) is 12.1 Å². The molecule has 0 aromatic carbocycles. The van der Waals surface area contributed by atoms with Gasteiger partial charge in [-0.15, -0.1) is 0 Å². The number of aromatic amines is 1. The summed E-state index contributed by atoms with van der Waals surface area (Å²) < 4.78 is 1.69. The summed E-state index contributed by atoms with van der Waals surface area (Å²) >= 11 is 0. The van der Waals surface area contributed by atoms with Crippen LogP contribution in [0.25, 0.3) is 0 Å². The Morgan fingerprint density at radius 2 is 2.00 bits per heavy atom. The fourth-order valence-corrected chi connectivity index (χ4v) is 1.47. The van der Waals surface area contributed by atoms with E-state index in [0.29, 0.717) is 12.1 Å². The predicted octanol–water partition coefficient (Wildman–Crippen LogP) is 0.938. The Labute approximate surface area is 95.8 Å².